The second-order valence-electron chi connectivity index (χ2n) is 5.91. The molecule has 0 aromatic heterocycles. The maximum absolute atomic E-state index is 12.1. The van der Waals surface area contributed by atoms with E-state index in [4.69, 9.17) is 4.74 Å². The Morgan fingerprint density at radius 3 is 2.67 bits per heavy atom. The van der Waals surface area contributed by atoms with Gasteiger partial charge in [-0.3, -0.25) is 4.79 Å². The fraction of sp³-hybridized carbons (Fsp3) is 0.588. The number of hydrogen-bond donors (Lipinski definition) is 2. The lowest BCUT2D eigenvalue weighted by atomic mass is 10.0. The molecule has 0 aliphatic rings. The lowest BCUT2D eigenvalue weighted by Gasteiger charge is -2.26. The zero-order valence-electron chi connectivity index (χ0n) is 13.8. The minimum absolute atomic E-state index is 0.0304. The Morgan fingerprint density at radius 2 is 2.05 bits per heavy atom. The van der Waals surface area contributed by atoms with E-state index in [9.17, 15) is 4.79 Å². The van der Waals surface area contributed by atoms with Crippen LogP contribution in [0.1, 0.15) is 46.6 Å². The number of nitrogens with one attached hydrogen (secondary N) is 2. The summed E-state index contributed by atoms with van der Waals surface area (Å²) in [7, 11) is 0. The molecule has 21 heavy (non-hydrogen) atoms. The molecule has 1 unspecified atom stereocenters. The SMILES string of the molecule is CCOc1cccc(CNC(C)C(=O)NC(C)(C)CC)c1. The highest BCUT2D eigenvalue weighted by molar-refractivity contribution is 5.81. The molecule has 0 saturated heterocycles. The first-order valence-electron chi connectivity index (χ1n) is 7.65. The molecule has 0 aliphatic heterocycles. The van der Waals surface area contributed by atoms with E-state index in [0.717, 1.165) is 17.7 Å². The Bertz CT molecular complexity index is 458. The second kappa shape index (κ2) is 8.03. The number of amides is 1. The molecule has 4 heteroatoms. The molecule has 0 heterocycles. The number of hydrogen-bond acceptors (Lipinski definition) is 3. The summed E-state index contributed by atoms with van der Waals surface area (Å²) in [5, 5.41) is 6.29. The normalized spacial score (nSPS) is 12.8. The Kier molecular flexibility index (Phi) is 6.69. The molecule has 0 aliphatic carbocycles. The van der Waals surface area contributed by atoms with E-state index in [0.29, 0.717) is 13.2 Å². The highest BCUT2D eigenvalue weighted by atomic mass is 16.5. The first-order valence-corrected chi connectivity index (χ1v) is 7.65. The van der Waals surface area contributed by atoms with Gasteiger partial charge in [-0.1, -0.05) is 19.1 Å². The summed E-state index contributed by atoms with van der Waals surface area (Å²) >= 11 is 0. The molecule has 1 atom stereocenters. The number of carbonyl (C=O) groups is 1. The third-order valence-electron chi connectivity index (χ3n) is 3.56. The van der Waals surface area contributed by atoms with Gasteiger partial charge in [-0.25, -0.2) is 0 Å². The predicted molar refractivity (Wildman–Crippen MR) is 86.4 cm³/mol. The van der Waals surface area contributed by atoms with E-state index < -0.39 is 0 Å². The molecule has 1 rings (SSSR count). The van der Waals surface area contributed by atoms with Crippen molar-refractivity contribution in [2.75, 3.05) is 6.61 Å². The Hall–Kier alpha value is -1.55. The number of rotatable bonds is 8. The minimum atomic E-state index is -0.230. The van der Waals surface area contributed by atoms with Crippen LogP contribution in [0.15, 0.2) is 24.3 Å². The summed E-state index contributed by atoms with van der Waals surface area (Å²) in [5.74, 6) is 0.892. The highest BCUT2D eigenvalue weighted by Crippen LogP contribution is 2.13. The molecular formula is C17H28N2O2. The van der Waals surface area contributed by atoms with Gasteiger partial charge in [0.2, 0.25) is 5.91 Å². The summed E-state index contributed by atoms with van der Waals surface area (Å²) in [6.45, 7) is 11.3. The monoisotopic (exact) mass is 292 g/mol. The van der Waals surface area contributed by atoms with Gasteiger partial charge in [0.05, 0.1) is 12.6 Å². The summed E-state index contributed by atoms with van der Waals surface area (Å²) in [6, 6.07) is 7.69. The Morgan fingerprint density at radius 1 is 1.33 bits per heavy atom. The number of ether oxygens (including phenoxy) is 1. The van der Waals surface area contributed by atoms with Gasteiger partial charge in [-0.15, -0.1) is 0 Å². The summed E-state index contributed by atoms with van der Waals surface area (Å²) in [6.07, 6.45) is 0.905. The average molecular weight is 292 g/mol. The minimum Gasteiger partial charge on any atom is -0.494 e. The molecule has 1 aromatic rings. The van der Waals surface area contributed by atoms with Crippen molar-refractivity contribution in [2.24, 2.45) is 0 Å². The molecule has 0 fully saturated rings. The van der Waals surface area contributed by atoms with Crippen LogP contribution in [-0.4, -0.2) is 24.1 Å². The van der Waals surface area contributed by atoms with Gasteiger partial charge in [0.25, 0.3) is 0 Å². The van der Waals surface area contributed by atoms with Gasteiger partial charge >= 0.3 is 0 Å². The van der Waals surface area contributed by atoms with Crippen LogP contribution in [-0.2, 0) is 11.3 Å². The van der Waals surface area contributed by atoms with E-state index in [1.807, 2.05) is 52.0 Å². The van der Waals surface area contributed by atoms with Gasteiger partial charge < -0.3 is 15.4 Å². The zero-order chi connectivity index (χ0) is 15.9. The average Bonchev–Trinajstić information content (AvgIpc) is 2.45. The maximum atomic E-state index is 12.1. The van der Waals surface area contributed by atoms with Crippen LogP contribution in [0.4, 0.5) is 0 Å². The first kappa shape index (κ1) is 17.5. The number of carbonyl (C=O) groups excluding carboxylic acids is 1. The van der Waals surface area contributed by atoms with Crippen molar-refractivity contribution in [1.29, 1.82) is 0 Å². The van der Waals surface area contributed by atoms with Crippen LogP contribution in [0.5, 0.6) is 5.75 Å². The van der Waals surface area contributed by atoms with E-state index in [1.165, 1.54) is 0 Å². The molecule has 1 aromatic carbocycles. The van der Waals surface area contributed by atoms with Crippen LogP contribution >= 0.6 is 0 Å². The Balaban J connectivity index is 2.50. The van der Waals surface area contributed by atoms with Gasteiger partial charge in [0, 0.05) is 12.1 Å². The predicted octanol–water partition coefficient (Wildman–Crippen LogP) is 2.87. The maximum Gasteiger partial charge on any atom is 0.237 e. The fourth-order valence-corrected chi connectivity index (χ4v) is 1.81. The molecule has 0 spiro atoms. The second-order valence-corrected chi connectivity index (χ2v) is 5.91. The third kappa shape index (κ3) is 6.17. The summed E-state index contributed by atoms with van der Waals surface area (Å²) in [4.78, 5) is 12.1. The lowest BCUT2D eigenvalue weighted by molar-refractivity contribution is -0.124. The molecule has 1 amide bonds. The molecular weight excluding hydrogens is 264 g/mol. The topological polar surface area (TPSA) is 50.4 Å². The van der Waals surface area contributed by atoms with Crippen LogP contribution in [0.3, 0.4) is 0 Å². The van der Waals surface area contributed by atoms with Crippen LogP contribution < -0.4 is 15.4 Å². The van der Waals surface area contributed by atoms with Gasteiger partial charge in [0.1, 0.15) is 5.75 Å². The molecule has 118 valence electrons. The molecule has 0 saturated carbocycles. The van der Waals surface area contributed by atoms with Gasteiger partial charge in [-0.05, 0) is 51.8 Å². The molecule has 0 radical (unpaired) electrons. The fourth-order valence-electron chi connectivity index (χ4n) is 1.81. The first-order chi connectivity index (χ1) is 9.88. The van der Waals surface area contributed by atoms with Gasteiger partial charge in [-0.2, -0.15) is 0 Å². The van der Waals surface area contributed by atoms with E-state index >= 15 is 0 Å². The van der Waals surface area contributed by atoms with Crippen molar-refractivity contribution < 1.29 is 9.53 Å². The Labute approximate surface area is 128 Å². The van der Waals surface area contributed by atoms with Crippen molar-refractivity contribution in [2.45, 2.75) is 59.2 Å². The summed E-state index contributed by atoms with van der Waals surface area (Å²) < 4.78 is 5.47. The van der Waals surface area contributed by atoms with Crippen LogP contribution in [0.25, 0.3) is 0 Å². The molecule has 0 bridgehead atoms. The standard InChI is InChI=1S/C17H28N2O2/c1-6-17(4,5)19-16(20)13(3)18-12-14-9-8-10-15(11-14)21-7-2/h8-11,13,18H,6-7,12H2,1-5H3,(H,19,20). The van der Waals surface area contributed by atoms with E-state index in [1.54, 1.807) is 0 Å². The van der Waals surface area contributed by atoms with Crippen molar-refractivity contribution >= 4 is 5.91 Å². The van der Waals surface area contributed by atoms with E-state index in [-0.39, 0.29) is 17.5 Å². The van der Waals surface area contributed by atoms with Crippen molar-refractivity contribution in [3.8, 4) is 5.75 Å². The van der Waals surface area contributed by atoms with E-state index in [2.05, 4.69) is 17.6 Å². The summed E-state index contributed by atoms with van der Waals surface area (Å²) in [5.41, 5.74) is 0.942. The van der Waals surface area contributed by atoms with Crippen LogP contribution in [0, 0.1) is 0 Å². The quantitative estimate of drug-likeness (QED) is 0.774. The highest BCUT2D eigenvalue weighted by Gasteiger charge is 2.21. The smallest absolute Gasteiger partial charge is 0.237 e. The molecule has 2 N–H and O–H groups in total. The van der Waals surface area contributed by atoms with Crippen molar-refractivity contribution in [3.63, 3.8) is 0 Å². The largest absolute Gasteiger partial charge is 0.494 e. The lowest BCUT2D eigenvalue weighted by Crippen LogP contribution is -2.50. The molecule has 4 nitrogen and oxygen atoms in total. The van der Waals surface area contributed by atoms with Crippen LogP contribution in [0.2, 0.25) is 0 Å². The van der Waals surface area contributed by atoms with Crippen molar-refractivity contribution in [3.05, 3.63) is 29.8 Å². The third-order valence-corrected chi connectivity index (χ3v) is 3.56. The van der Waals surface area contributed by atoms with Crippen molar-refractivity contribution in [1.82, 2.24) is 10.6 Å². The van der Waals surface area contributed by atoms with Gasteiger partial charge in [0.15, 0.2) is 0 Å². The number of benzene rings is 1. The zero-order valence-corrected chi connectivity index (χ0v) is 13.8.